The highest BCUT2D eigenvalue weighted by Crippen LogP contribution is 2.31. The summed E-state index contributed by atoms with van der Waals surface area (Å²) in [4.78, 5) is 10.7. The van der Waals surface area contributed by atoms with Crippen LogP contribution in [0.25, 0.3) is 0 Å². The Bertz CT molecular complexity index is 680. The molecule has 2 aliphatic rings. The van der Waals surface area contributed by atoms with Gasteiger partial charge in [-0.05, 0) is 43.1 Å². The molecule has 1 saturated heterocycles. The van der Waals surface area contributed by atoms with Gasteiger partial charge >= 0.3 is 0 Å². The summed E-state index contributed by atoms with van der Waals surface area (Å²) in [6.07, 6.45) is 5.71. The molecule has 2 aromatic rings. The fraction of sp³-hybridized carbons (Fsp3) is 0.444. The smallest absolute Gasteiger partial charge is 0.161 e. The molecule has 1 fully saturated rings. The number of nitrogens with zero attached hydrogens (tertiary/aromatic N) is 3. The molecule has 6 nitrogen and oxygen atoms in total. The van der Waals surface area contributed by atoms with E-state index >= 15 is 0 Å². The summed E-state index contributed by atoms with van der Waals surface area (Å²) in [7, 11) is 0. The van der Waals surface area contributed by atoms with Crippen molar-refractivity contribution in [2.75, 3.05) is 31.6 Å². The second kappa shape index (κ2) is 7.05. The maximum Gasteiger partial charge on any atom is 0.161 e. The summed E-state index contributed by atoms with van der Waals surface area (Å²) in [5.41, 5.74) is 1.27. The SMILES string of the molecule is c1cc(NC2CCCN(Cc3ccc4c(c3)OCCO4)C2)ncn1. The number of hydrogen-bond acceptors (Lipinski definition) is 6. The first-order valence-corrected chi connectivity index (χ1v) is 8.50. The molecule has 0 spiro atoms. The topological polar surface area (TPSA) is 59.5 Å². The fourth-order valence-corrected chi connectivity index (χ4v) is 3.35. The van der Waals surface area contributed by atoms with Crippen molar-refractivity contribution in [2.24, 2.45) is 0 Å². The van der Waals surface area contributed by atoms with Gasteiger partial charge in [0.2, 0.25) is 0 Å². The van der Waals surface area contributed by atoms with Crippen molar-refractivity contribution in [1.29, 1.82) is 0 Å². The van der Waals surface area contributed by atoms with Crippen LogP contribution in [0.5, 0.6) is 11.5 Å². The molecular weight excluding hydrogens is 304 g/mol. The zero-order valence-corrected chi connectivity index (χ0v) is 13.6. The van der Waals surface area contributed by atoms with E-state index in [-0.39, 0.29) is 0 Å². The van der Waals surface area contributed by atoms with Gasteiger partial charge in [-0.25, -0.2) is 9.97 Å². The third-order valence-electron chi connectivity index (χ3n) is 4.45. The zero-order valence-electron chi connectivity index (χ0n) is 13.6. The van der Waals surface area contributed by atoms with Crippen LogP contribution in [0, 0.1) is 0 Å². The Morgan fingerprint density at radius 2 is 2.08 bits per heavy atom. The average molecular weight is 326 g/mol. The Morgan fingerprint density at radius 1 is 1.17 bits per heavy atom. The molecule has 0 amide bonds. The Hall–Kier alpha value is -2.34. The minimum absolute atomic E-state index is 0.422. The van der Waals surface area contributed by atoms with Crippen molar-refractivity contribution in [3.8, 4) is 11.5 Å². The molecule has 0 saturated carbocycles. The maximum absolute atomic E-state index is 5.68. The van der Waals surface area contributed by atoms with Crippen LogP contribution >= 0.6 is 0 Å². The van der Waals surface area contributed by atoms with Crippen LogP contribution in [0.2, 0.25) is 0 Å². The largest absolute Gasteiger partial charge is 0.486 e. The van der Waals surface area contributed by atoms with Gasteiger partial charge in [-0.3, -0.25) is 4.90 Å². The van der Waals surface area contributed by atoms with E-state index < -0.39 is 0 Å². The van der Waals surface area contributed by atoms with Gasteiger partial charge < -0.3 is 14.8 Å². The standard InChI is InChI=1S/C18H22N4O2/c1-2-15(21-18-5-6-19-13-20-18)12-22(7-1)11-14-3-4-16-17(10-14)24-9-8-23-16/h3-6,10,13,15H,1-2,7-9,11-12H2,(H,19,20,21). The Morgan fingerprint density at radius 3 is 2.96 bits per heavy atom. The Balaban J connectivity index is 1.38. The van der Waals surface area contributed by atoms with Gasteiger partial charge in [0.1, 0.15) is 25.4 Å². The summed E-state index contributed by atoms with van der Waals surface area (Å²) in [5, 5.41) is 3.51. The predicted octanol–water partition coefficient (Wildman–Crippen LogP) is 2.32. The second-order valence-electron chi connectivity index (χ2n) is 6.29. The van der Waals surface area contributed by atoms with Gasteiger partial charge in [-0.1, -0.05) is 6.07 Å². The van der Waals surface area contributed by atoms with E-state index in [1.165, 1.54) is 18.4 Å². The number of piperidine rings is 1. The van der Waals surface area contributed by atoms with Gasteiger partial charge in [-0.15, -0.1) is 0 Å². The second-order valence-corrected chi connectivity index (χ2v) is 6.29. The average Bonchev–Trinajstić information content (AvgIpc) is 2.63. The number of ether oxygens (including phenoxy) is 2. The zero-order chi connectivity index (χ0) is 16.2. The molecule has 1 unspecified atom stereocenters. The van der Waals surface area contributed by atoms with E-state index in [1.807, 2.05) is 12.1 Å². The lowest BCUT2D eigenvalue weighted by atomic mass is 10.0. The lowest BCUT2D eigenvalue weighted by molar-refractivity contribution is 0.170. The molecule has 0 bridgehead atoms. The molecule has 1 atom stereocenters. The van der Waals surface area contributed by atoms with Crippen LogP contribution in [0.1, 0.15) is 18.4 Å². The normalized spacial score (nSPS) is 20.6. The minimum Gasteiger partial charge on any atom is -0.486 e. The molecule has 1 aromatic heterocycles. The van der Waals surface area contributed by atoms with Crippen LogP contribution in [-0.4, -0.2) is 47.2 Å². The molecule has 126 valence electrons. The van der Waals surface area contributed by atoms with E-state index in [0.717, 1.165) is 37.0 Å². The molecule has 0 aliphatic carbocycles. The third-order valence-corrected chi connectivity index (χ3v) is 4.45. The molecule has 6 heteroatoms. The van der Waals surface area contributed by atoms with Crippen LogP contribution in [0.4, 0.5) is 5.82 Å². The summed E-state index contributed by atoms with van der Waals surface area (Å²) in [6, 6.07) is 8.60. The van der Waals surface area contributed by atoms with Crippen molar-refractivity contribution < 1.29 is 9.47 Å². The minimum atomic E-state index is 0.422. The molecule has 1 aromatic carbocycles. The Labute approximate surface area is 141 Å². The molecule has 1 N–H and O–H groups in total. The molecule has 4 rings (SSSR count). The fourth-order valence-electron chi connectivity index (χ4n) is 3.35. The number of likely N-dealkylation sites (tertiary alicyclic amines) is 1. The van der Waals surface area contributed by atoms with Crippen molar-refractivity contribution in [3.63, 3.8) is 0 Å². The van der Waals surface area contributed by atoms with E-state index in [9.17, 15) is 0 Å². The van der Waals surface area contributed by atoms with Crippen LogP contribution < -0.4 is 14.8 Å². The maximum atomic E-state index is 5.68. The van der Waals surface area contributed by atoms with Gasteiger partial charge in [-0.2, -0.15) is 0 Å². The highest BCUT2D eigenvalue weighted by atomic mass is 16.6. The monoisotopic (exact) mass is 326 g/mol. The summed E-state index contributed by atoms with van der Waals surface area (Å²) in [5.74, 6) is 2.62. The van der Waals surface area contributed by atoms with E-state index in [0.29, 0.717) is 19.3 Å². The summed E-state index contributed by atoms with van der Waals surface area (Å²) in [6.45, 7) is 4.33. The first kappa shape index (κ1) is 15.2. The molecule has 0 radical (unpaired) electrons. The summed E-state index contributed by atoms with van der Waals surface area (Å²) >= 11 is 0. The van der Waals surface area contributed by atoms with Crippen molar-refractivity contribution in [3.05, 3.63) is 42.4 Å². The number of nitrogens with one attached hydrogen (secondary N) is 1. The van der Waals surface area contributed by atoms with Crippen LogP contribution in [0.3, 0.4) is 0 Å². The van der Waals surface area contributed by atoms with E-state index in [2.05, 4.69) is 32.3 Å². The first-order chi connectivity index (χ1) is 11.9. The summed E-state index contributed by atoms with van der Waals surface area (Å²) < 4.78 is 11.3. The first-order valence-electron chi connectivity index (χ1n) is 8.50. The molecular formula is C18H22N4O2. The number of rotatable bonds is 4. The number of aromatic nitrogens is 2. The number of benzene rings is 1. The van der Waals surface area contributed by atoms with Gasteiger partial charge in [0, 0.05) is 25.3 Å². The van der Waals surface area contributed by atoms with Gasteiger partial charge in [0.25, 0.3) is 0 Å². The van der Waals surface area contributed by atoms with Crippen molar-refractivity contribution in [2.45, 2.75) is 25.4 Å². The van der Waals surface area contributed by atoms with Crippen LogP contribution in [0.15, 0.2) is 36.8 Å². The predicted molar refractivity (Wildman–Crippen MR) is 91.4 cm³/mol. The van der Waals surface area contributed by atoms with E-state index in [4.69, 9.17) is 9.47 Å². The van der Waals surface area contributed by atoms with Gasteiger partial charge in [0.05, 0.1) is 0 Å². The quantitative estimate of drug-likeness (QED) is 0.930. The molecule has 3 heterocycles. The highest BCUT2D eigenvalue weighted by Gasteiger charge is 2.21. The highest BCUT2D eigenvalue weighted by molar-refractivity contribution is 5.43. The number of fused-ring (bicyclic) bond motifs is 1. The molecule has 24 heavy (non-hydrogen) atoms. The van der Waals surface area contributed by atoms with Crippen LogP contribution in [-0.2, 0) is 6.54 Å². The van der Waals surface area contributed by atoms with Crippen molar-refractivity contribution in [1.82, 2.24) is 14.9 Å². The third kappa shape index (κ3) is 3.59. The van der Waals surface area contributed by atoms with Crippen molar-refractivity contribution >= 4 is 5.82 Å². The van der Waals surface area contributed by atoms with E-state index in [1.54, 1.807) is 12.5 Å². The molecule has 2 aliphatic heterocycles. The lowest BCUT2D eigenvalue weighted by Gasteiger charge is -2.33. The number of hydrogen-bond donors (Lipinski definition) is 1. The Kier molecular flexibility index (Phi) is 4.46. The number of anilines is 1. The lowest BCUT2D eigenvalue weighted by Crippen LogP contribution is -2.41. The van der Waals surface area contributed by atoms with Gasteiger partial charge in [0.15, 0.2) is 11.5 Å².